The van der Waals surface area contributed by atoms with E-state index in [4.69, 9.17) is 5.73 Å². The summed E-state index contributed by atoms with van der Waals surface area (Å²) in [4.78, 5) is 11.1. The number of carbonyl (C=O) groups is 1. The van der Waals surface area contributed by atoms with Gasteiger partial charge >= 0.3 is 6.18 Å². The molecule has 0 saturated carbocycles. The Morgan fingerprint density at radius 1 is 1.35 bits per heavy atom. The van der Waals surface area contributed by atoms with Crippen LogP contribution in [-0.2, 0) is 17.5 Å². The van der Waals surface area contributed by atoms with Crippen LogP contribution in [0.5, 0.6) is 0 Å². The molecule has 0 unspecified atom stereocenters. The third-order valence-corrected chi connectivity index (χ3v) is 2.12. The molecule has 94 valence electrons. The smallest absolute Gasteiger partial charge is 0.352 e. The Morgan fingerprint density at radius 2 is 2.06 bits per heavy atom. The number of hydrogen-bond donors (Lipinski definition) is 2. The van der Waals surface area contributed by atoms with E-state index in [-0.39, 0.29) is 25.4 Å². The number of alkyl halides is 3. The summed E-state index contributed by atoms with van der Waals surface area (Å²) in [5, 5.41) is 2.49. The Balaban J connectivity index is 2.64. The number of nitrogens with two attached hydrogens (primary N) is 1. The molecule has 0 aromatic heterocycles. The lowest BCUT2D eigenvalue weighted by atomic mass is 10.1. The molecule has 1 aromatic carbocycles. The lowest BCUT2D eigenvalue weighted by Gasteiger charge is -2.09. The van der Waals surface area contributed by atoms with E-state index in [0.29, 0.717) is 5.56 Å². The molecule has 1 aromatic rings. The van der Waals surface area contributed by atoms with Gasteiger partial charge in [0.25, 0.3) is 0 Å². The molecule has 1 amide bonds. The van der Waals surface area contributed by atoms with Crippen LogP contribution >= 0.6 is 0 Å². The summed E-state index contributed by atoms with van der Waals surface area (Å²) in [5.74, 6) is -0.273. The van der Waals surface area contributed by atoms with Crippen LogP contribution in [0.4, 0.5) is 13.2 Å². The Bertz CT molecular complexity index is 391. The van der Waals surface area contributed by atoms with Crippen LogP contribution in [-0.4, -0.2) is 12.5 Å². The first-order valence-corrected chi connectivity index (χ1v) is 5.06. The van der Waals surface area contributed by atoms with Crippen molar-refractivity contribution in [3.63, 3.8) is 0 Å². The highest BCUT2D eigenvalue weighted by Gasteiger charge is 2.30. The van der Waals surface area contributed by atoms with E-state index < -0.39 is 11.7 Å². The minimum absolute atomic E-state index is 0.0722. The maximum atomic E-state index is 12.4. The molecule has 0 aliphatic heterocycles. The summed E-state index contributed by atoms with van der Waals surface area (Å²) in [6, 6.07) is 4.85. The molecule has 0 saturated heterocycles. The van der Waals surface area contributed by atoms with Gasteiger partial charge in [-0.25, -0.2) is 0 Å². The minimum atomic E-state index is -4.36. The number of nitrogens with one attached hydrogen (secondary N) is 1. The van der Waals surface area contributed by atoms with Crippen LogP contribution in [0.15, 0.2) is 24.3 Å². The van der Waals surface area contributed by atoms with E-state index in [1.165, 1.54) is 12.1 Å². The molecule has 0 heterocycles. The van der Waals surface area contributed by atoms with Gasteiger partial charge in [0.05, 0.1) is 5.56 Å². The van der Waals surface area contributed by atoms with Crippen molar-refractivity contribution in [3.05, 3.63) is 35.4 Å². The third kappa shape index (κ3) is 4.44. The first kappa shape index (κ1) is 13.5. The molecule has 0 spiro atoms. The molecule has 0 aliphatic rings. The summed E-state index contributed by atoms with van der Waals surface area (Å²) < 4.78 is 37.2. The summed E-state index contributed by atoms with van der Waals surface area (Å²) in [6.45, 7) is 0.289. The summed E-state index contributed by atoms with van der Waals surface area (Å²) in [7, 11) is 0. The molecular weight excluding hydrogens is 233 g/mol. The van der Waals surface area contributed by atoms with Gasteiger partial charge in [0.2, 0.25) is 5.91 Å². The molecule has 3 nitrogen and oxygen atoms in total. The molecule has 0 radical (unpaired) electrons. The van der Waals surface area contributed by atoms with Crippen molar-refractivity contribution in [1.82, 2.24) is 5.32 Å². The van der Waals surface area contributed by atoms with Crippen molar-refractivity contribution in [3.8, 4) is 0 Å². The Labute approximate surface area is 96.8 Å². The number of rotatable bonds is 4. The zero-order valence-electron chi connectivity index (χ0n) is 9.05. The number of carbonyl (C=O) groups excluding carboxylic acids is 1. The minimum Gasteiger partial charge on any atom is -0.352 e. The highest BCUT2D eigenvalue weighted by Crippen LogP contribution is 2.29. The largest absolute Gasteiger partial charge is 0.416 e. The van der Waals surface area contributed by atoms with Crippen molar-refractivity contribution < 1.29 is 18.0 Å². The van der Waals surface area contributed by atoms with Crippen LogP contribution in [0, 0.1) is 0 Å². The number of benzene rings is 1. The van der Waals surface area contributed by atoms with E-state index >= 15 is 0 Å². The highest BCUT2D eigenvalue weighted by atomic mass is 19.4. The lowest BCUT2D eigenvalue weighted by molar-refractivity contribution is -0.137. The Kier molecular flexibility index (Phi) is 4.51. The first-order valence-electron chi connectivity index (χ1n) is 5.06. The molecule has 0 aliphatic carbocycles. The maximum Gasteiger partial charge on any atom is 0.416 e. The highest BCUT2D eigenvalue weighted by molar-refractivity contribution is 5.76. The number of hydrogen-bond acceptors (Lipinski definition) is 2. The predicted octanol–water partition coefficient (Wildman–Crippen LogP) is 1.67. The quantitative estimate of drug-likeness (QED) is 0.849. The van der Waals surface area contributed by atoms with Gasteiger partial charge in [0.1, 0.15) is 0 Å². The monoisotopic (exact) mass is 246 g/mol. The van der Waals surface area contributed by atoms with Crippen LogP contribution in [0.3, 0.4) is 0 Å². The lowest BCUT2D eigenvalue weighted by Crippen LogP contribution is -2.25. The zero-order valence-corrected chi connectivity index (χ0v) is 9.05. The van der Waals surface area contributed by atoms with Crippen LogP contribution < -0.4 is 11.1 Å². The van der Waals surface area contributed by atoms with Crippen molar-refractivity contribution >= 4 is 5.91 Å². The predicted molar refractivity (Wildman–Crippen MR) is 57.0 cm³/mol. The zero-order chi connectivity index (χ0) is 12.9. The molecule has 3 N–H and O–H groups in total. The molecular formula is C11H13F3N2O. The second kappa shape index (κ2) is 5.67. The topological polar surface area (TPSA) is 55.1 Å². The normalized spacial score (nSPS) is 11.3. The van der Waals surface area contributed by atoms with Crippen molar-refractivity contribution in [1.29, 1.82) is 0 Å². The van der Waals surface area contributed by atoms with Gasteiger partial charge in [-0.15, -0.1) is 0 Å². The molecule has 6 heteroatoms. The summed E-state index contributed by atoms with van der Waals surface area (Å²) >= 11 is 0. The molecule has 0 bridgehead atoms. The standard InChI is InChI=1S/C11H13F3N2O/c12-11(13,14)9-3-1-2-8(6-9)7-16-10(17)4-5-15/h1-3,6H,4-5,7,15H2,(H,16,17). The van der Waals surface area contributed by atoms with E-state index in [1.54, 1.807) is 0 Å². The molecule has 17 heavy (non-hydrogen) atoms. The van der Waals surface area contributed by atoms with Gasteiger partial charge in [-0.1, -0.05) is 12.1 Å². The van der Waals surface area contributed by atoms with E-state index in [0.717, 1.165) is 12.1 Å². The Hall–Kier alpha value is -1.56. The van der Waals surface area contributed by atoms with Crippen LogP contribution in [0.2, 0.25) is 0 Å². The molecule has 0 atom stereocenters. The average molecular weight is 246 g/mol. The van der Waals surface area contributed by atoms with Crippen LogP contribution in [0.1, 0.15) is 17.5 Å². The fourth-order valence-electron chi connectivity index (χ4n) is 1.28. The van der Waals surface area contributed by atoms with Gasteiger partial charge in [-0.05, 0) is 17.7 Å². The van der Waals surface area contributed by atoms with Gasteiger partial charge < -0.3 is 11.1 Å². The fraction of sp³-hybridized carbons (Fsp3) is 0.364. The summed E-state index contributed by atoms with van der Waals surface area (Å²) in [6.07, 6.45) is -4.20. The molecule has 0 fully saturated rings. The summed E-state index contributed by atoms with van der Waals surface area (Å²) in [5.41, 5.74) is 4.86. The Morgan fingerprint density at radius 3 is 2.65 bits per heavy atom. The van der Waals surface area contributed by atoms with Crippen LogP contribution in [0.25, 0.3) is 0 Å². The maximum absolute atomic E-state index is 12.4. The number of halogens is 3. The first-order chi connectivity index (χ1) is 7.93. The fourth-order valence-corrected chi connectivity index (χ4v) is 1.28. The number of amides is 1. The van der Waals surface area contributed by atoms with Gasteiger partial charge in [-0.3, -0.25) is 4.79 Å². The van der Waals surface area contributed by atoms with Gasteiger partial charge in [-0.2, -0.15) is 13.2 Å². The van der Waals surface area contributed by atoms with Crippen molar-refractivity contribution in [2.24, 2.45) is 5.73 Å². The van der Waals surface area contributed by atoms with E-state index in [9.17, 15) is 18.0 Å². The second-order valence-corrected chi connectivity index (χ2v) is 3.51. The van der Waals surface area contributed by atoms with Gasteiger partial charge in [0, 0.05) is 19.5 Å². The molecule has 1 rings (SSSR count). The SMILES string of the molecule is NCCC(=O)NCc1cccc(C(F)(F)F)c1. The van der Waals surface area contributed by atoms with Gasteiger partial charge in [0.15, 0.2) is 0 Å². The third-order valence-electron chi connectivity index (χ3n) is 2.12. The van der Waals surface area contributed by atoms with E-state index in [2.05, 4.69) is 5.32 Å². The van der Waals surface area contributed by atoms with E-state index in [1.807, 2.05) is 0 Å². The average Bonchev–Trinajstić information content (AvgIpc) is 2.26. The van der Waals surface area contributed by atoms with Crippen molar-refractivity contribution in [2.75, 3.05) is 6.54 Å². The second-order valence-electron chi connectivity index (χ2n) is 3.51. The van der Waals surface area contributed by atoms with Crippen molar-refractivity contribution in [2.45, 2.75) is 19.1 Å².